The molecule has 1 N–H and O–H groups in total. The minimum Gasteiger partial charge on any atom is -0.507 e. The summed E-state index contributed by atoms with van der Waals surface area (Å²) in [4.78, 5) is 27.0. The number of carbonyl (C=O) groups is 2. The predicted molar refractivity (Wildman–Crippen MR) is 119 cm³/mol. The third kappa shape index (κ3) is 4.83. The Bertz CT molecular complexity index is 1020. The number of likely N-dealkylation sites (tertiary alicyclic amines) is 1. The molecule has 1 aliphatic heterocycles. The average Bonchev–Trinajstić information content (AvgIpc) is 3.03. The molecule has 0 unspecified atom stereocenters. The highest BCUT2D eigenvalue weighted by Gasteiger charge is 2.45. The first kappa shape index (κ1) is 23.5. The number of aryl methyl sites for hydroxylation is 1. The molecule has 0 aromatic heterocycles. The summed E-state index contributed by atoms with van der Waals surface area (Å²) in [6.45, 7) is 4.90. The second kappa shape index (κ2) is 10.4. The van der Waals surface area contributed by atoms with Crippen molar-refractivity contribution < 1.29 is 28.6 Å². The van der Waals surface area contributed by atoms with Crippen LogP contribution in [0.25, 0.3) is 5.76 Å². The van der Waals surface area contributed by atoms with Gasteiger partial charge >= 0.3 is 0 Å². The Morgan fingerprint density at radius 1 is 1.12 bits per heavy atom. The number of aliphatic hydroxyl groups excluding tert-OH is 1. The van der Waals surface area contributed by atoms with Gasteiger partial charge in [0.2, 0.25) is 0 Å². The van der Waals surface area contributed by atoms with Crippen LogP contribution < -0.4 is 4.74 Å². The van der Waals surface area contributed by atoms with Gasteiger partial charge in [-0.3, -0.25) is 9.59 Å². The summed E-state index contributed by atoms with van der Waals surface area (Å²) < 4.78 is 24.3. The maximum Gasteiger partial charge on any atom is 0.295 e. The van der Waals surface area contributed by atoms with E-state index in [1.54, 1.807) is 18.2 Å². The number of Topliss-reactive ketones (excluding diaryl/α,β-unsaturated/α-hetero) is 1. The van der Waals surface area contributed by atoms with Crippen LogP contribution in [-0.2, 0) is 14.3 Å². The summed E-state index contributed by atoms with van der Waals surface area (Å²) in [6, 6.07) is 9.83. The SMILES string of the molecule is CCCCOc1ccc(/C(O)=C2\C(=O)C(=O)N(CCOC)[C@@H]2c2ccc(F)cc2)cc1C. The number of nitrogens with zero attached hydrogens (tertiary/aromatic N) is 1. The zero-order valence-electron chi connectivity index (χ0n) is 18.6. The molecule has 0 bridgehead atoms. The quantitative estimate of drug-likeness (QED) is 0.271. The second-order valence-corrected chi connectivity index (χ2v) is 7.72. The molecule has 1 fully saturated rings. The molecule has 32 heavy (non-hydrogen) atoms. The number of ether oxygens (including phenoxy) is 2. The number of unbranched alkanes of at least 4 members (excludes halogenated alkanes) is 1. The Kier molecular flexibility index (Phi) is 7.64. The normalized spacial score (nSPS) is 17.8. The average molecular weight is 441 g/mol. The fourth-order valence-corrected chi connectivity index (χ4v) is 3.73. The number of amides is 1. The van der Waals surface area contributed by atoms with Gasteiger partial charge in [0, 0.05) is 19.2 Å². The van der Waals surface area contributed by atoms with E-state index in [0.29, 0.717) is 23.5 Å². The topological polar surface area (TPSA) is 76.1 Å². The van der Waals surface area contributed by atoms with Crippen LogP contribution in [0, 0.1) is 12.7 Å². The molecule has 0 radical (unpaired) electrons. The van der Waals surface area contributed by atoms with E-state index in [1.807, 2.05) is 6.92 Å². The second-order valence-electron chi connectivity index (χ2n) is 7.72. The van der Waals surface area contributed by atoms with Crippen molar-refractivity contribution in [1.29, 1.82) is 0 Å². The maximum atomic E-state index is 13.5. The van der Waals surface area contributed by atoms with Crippen LogP contribution in [0.5, 0.6) is 5.75 Å². The lowest BCUT2D eigenvalue weighted by atomic mass is 9.94. The van der Waals surface area contributed by atoms with Gasteiger partial charge in [-0.05, 0) is 54.8 Å². The highest BCUT2D eigenvalue weighted by Crippen LogP contribution is 2.39. The standard InChI is InChI=1S/C25H28FNO5/c1-4-5-13-32-20-11-8-18(15-16(20)2)23(28)21-22(17-6-9-19(26)10-7-17)27(12-14-31-3)25(30)24(21)29/h6-11,15,22,28H,4-5,12-14H2,1-3H3/b23-21+/t22-/m1/s1. The lowest BCUT2D eigenvalue weighted by Crippen LogP contribution is -2.32. The molecule has 1 amide bonds. The monoisotopic (exact) mass is 441 g/mol. The van der Waals surface area contributed by atoms with Crippen molar-refractivity contribution in [3.05, 3.63) is 70.5 Å². The van der Waals surface area contributed by atoms with Crippen LogP contribution >= 0.6 is 0 Å². The van der Waals surface area contributed by atoms with E-state index in [4.69, 9.17) is 9.47 Å². The van der Waals surface area contributed by atoms with Crippen molar-refractivity contribution in [2.45, 2.75) is 32.7 Å². The molecule has 6 nitrogen and oxygen atoms in total. The molecule has 0 aliphatic carbocycles. The number of hydrogen-bond acceptors (Lipinski definition) is 5. The lowest BCUT2D eigenvalue weighted by Gasteiger charge is -2.25. The number of ketones is 1. The van der Waals surface area contributed by atoms with E-state index in [2.05, 4.69) is 6.92 Å². The molecule has 1 aliphatic rings. The van der Waals surface area contributed by atoms with Crippen molar-refractivity contribution in [3.63, 3.8) is 0 Å². The molecule has 0 spiro atoms. The zero-order chi connectivity index (χ0) is 23.3. The highest BCUT2D eigenvalue weighted by molar-refractivity contribution is 6.46. The van der Waals surface area contributed by atoms with Gasteiger partial charge in [0.25, 0.3) is 11.7 Å². The zero-order valence-corrected chi connectivity index (χ0v) is 18.6. The van der Waals surface area contributed by atoms with E-state index in [1.165, 1.54) is 36.3 Å². The van der Waals surface area contributed by atoms with Crippen molar-refractivity contribution >= 4 is 17.4 Å². The number of aliphatic hydroxyl groups is 1. The Morgan fingerprint density at radius 2 is 1.84 bits per heavy atom. The summed E-state index contributed by atoms with van der Waals surface area (Å²) in [5.74, 6) is -1.52. The fourth-order valence-electron chi connectivity index (χ4n) is 3.73. The van der Waals surface area contributed by atoms with Crippen molar-refractivity contribution in [2.24, 2.45) is 0 Å². The molecular formula is C25H28FNO5. The van der Waals surface area contributed by atoms with Crippen LogP contribution in [0.1, 0.15) is 42.5 Å². The van der Waals surface area contributed by atoms with Gasteiger partial charge in [0.1, 0.15) is 17.3 Å². The molecule has 3 rings (SSSR count). The Hall–Kier alpha value is -3.19. The molecular weight excluding hydrogens is 413 g/mol. The number of rotatable bonds is 9. The van der Waals surface area contributed by atoms with Crippen LogP contribution in [0.4, 0.5) is 4.39 Å². The molecule has 2 aromatic rings. The maximum absolute atomic E-state index is 13.5. The summed E-state index contributed by atoms with van der Waals surface area (Å²) >= 11 is 0. The third-order valence-corrected chi connectivity index (χ3v) is 5.47. The smallest absolute Gasteiger partial charge is 0.295 e. The van der Waals surface area contributed by atoms with Crippen LogP contribution in [0.15, 0.2) is 48.0 Å². The predicted octanol–water partition coefficient (Wildman–Crippen LogP) is 4.38. The molecule has 1 heterocycles. The van der Waals surface area contributed by atoms with Gasteiger partial charge in [-0.25, -0.2) is 4.39 Å². The number of carbonyl (C=O) groups excluding carboxylic acids is 2. The molecule has 7 heteroatoms. The largest absolute Gasteiger partial charge is 0.507 e. The summed E-state index contributed by atoms with van der Waals surface area (Å²) in [5.41, 5.74) is 1.70. The fraction of sp³-hybridized carbons (Fsp3) is 0.360. The van der Waals surface area contributed by atoms with Gasteiger partial charge in [0.05, 0.1) is 24.8 Å². The van der Waals surface area contributed by atoms with E-state index in [-0.39, 0.29) is 24.5 Å². The summed E-state index contributed by atoms with van der Waals surface area (Å²) in [7, 11) is 1.50. The van der Waals surface area contributed by atoms with Gasteiger partial charge in [-0.15, -0.1) is 0 Å². The van der Waals surface area contributed by atoms with Gasteiger partial charge < -0.3 is 19.5 Å². The van der Waals surface area contributed by atoms with Crippen molar-refractivity contribution in [3.8, 4) is 5.75 Å². The number of methoxy groups -OCH3 is 1. The Labute approximate surface area is 187 Å². The summed E-state index contributed by atoms with van der Waals surface area (Å²) in [5, 5.41) is 11.1. The first-order valence-corrected chi connectivity index (χ1v) is 10.7. The molecule has 1 atom stereocenters. The van der Waals surface area contributed by atoms with Crippen LogP contribution in [-0.4, -0.2) is 48.6 Å². The van der Waals surface area contributed by atoms with Crippen LogP contribution in [0.2, 0.25) is 0 Å². The molecule has 170 valence electrons. The highest BCUT2D eigenvalue weighted by atomic mass is 19.1. The number of hydrogen-bond donors (Lipinski definition) is 1. The van der Waals surface area contributed by atoms with Crippen molar-refractivity contribution in [1.82, 2.24) is 4.90 Å². The minimum atomic E-state index is -0.841. The molecule has 1 saturated heterocycles. The number of halogens is 1. The summed E-state index contributed by atoms with van der Waals surface area (Å²) in [6.07, 6.45) is 1.95. The van der Waals surface area contributed by atoms with Gasteiger partial charge in [-0.1, -0.05) is 25.5 Å². The van der Waals surface area contributed by atoms with Crippen molar-refractivity contribution in [2.75, 3.05) is 26.9 Å². The first-order chi connectivity index (χ1) is 15.4. The third-order valence-electron chi connectivity index (χ3n) is 5.47. The molecule has 0 saturated carbocycles. The van der Waals surface area contributed by atoms with E-state index < -0.39 is 23.5 Å². The van der Waals surface area contributed by atoms with E-state index in [9.17, 15) is 19.1 Å². The van der Waals surface area contributed by atoms with E-state index >= 15 is 0 Å². The number of benzene rings is 2. The molecule has 2 aromatic carbocycles. The van der Waals surface area contributed by atoms with Crippen LogP contribution in [0.3, 0.4) is 0 Å². The first-order valence-electron chi connectivity index (χ1n) is 10.7. The van der Waals surface area contributed by atoms with Gasteiger partial charge in [-0.2, -0.15) is 0 Å². The van der Waals surface area contributed by atoms with Gasteiger partial charge in [0.15, 0.2) is 0 Å². The Balaban J connectivity index is 2.04. The minimum absolute atomic E-state index is 0.0308. The lowest BCUT2D eigenvalue weighted by molar-refractivity contribution is -0.140. The Morgan fingerprint density at radius 3 is 2.47 bits per heavy atom. The van der Waals surface area contributed by atoms with E-state index in [0.717, 1.165) is 18.4 Å².